The lowest BCUT2D eigenvalue weighted by atomic mass is 10.0. The molecule has 4 heteroatoms. The van der Waals surface area contributed by atoms with Crippen molar-refractivity contribution >= 4 is 17.1 Å². The van der Waals surface area contributed by atoms with E-state index in [0.717, 1.165) is 49.3 Å². The first kappa shape index (κ1) is 24.6. The van der Waals surface area contributed by atoms with Crippen LogP contribution in [0.3, 0.4) is 0 Å². The Morgan fingerprint density at radius 1 is 0.839 bits per heavy atom. The van der Waals surface area contributed by atoms with Gasteiger partial charge < -0.3 is 9.64 Å². The second-order valence-electron chi connectivity index (χ2n) is 8.52. The number of aryl methyl sites for hydroxylation is 2. The van der Waals surface area contributed by atoms with E-state index in [1.54, 1.807) is 12.1 Å². The molecule has 0 radical (unpaired) electrons. The maximum Gasteiger partial charge on any atom is 0.337 e. The molecule has 0 fully saturated rings. The van der Waals surface area contributed by atoms with Crippen LogP contribution in [0.2, 0.25) is 0 Å². The second-order valence-corrected chi connectivity index (χ2v) is 8.52. The minimum Gasteiger partial charge on any atom is -0.465 e. The zero-order chi connectivity index (χ0) is 23.0. The third-order valence-electron chi connectivity index (χ3n) is 5.25. The van der Waals surface area contributed by atoms with Gasteiger partial charge in [-0.2, -0.15) is 0 Å². The molecule has 0 aromatic heterocycles. The number of esters is 1. The fourth-order valence-corrected chi connectivity index (χ4v) is 3.69. The van der Waals surface area contributed by atoms with Crippen LogP contribution >= 0.6 is 0 Å². The van der Waals surface area contributed by atoms with Crippen molar-refractivity contribution < 1.29 is 9.53 Å². The number of hydrogen-bond acceptors (Lipinski definition) is 4. The molecule has 0 saturated heterocycles. The number of carbonyl (C=O) groups excluding carboxylic acids is 1. The van der Waals surface area contributed by atoms with Gasteiger partial charge in [0.1, 0.15) is 0 Å². The van der Waals surface area contributed by atoms with E-state index in [1.165, 1.54) is 23.8 Å². The smallest absolute Gasteiger partial charge is 0.337 e. The molecule has 0 spiro atoms. The molecule has 166 valence electrons. The van der Waals surface area contributed by atoms with Crippen LogP contribution in [-0.2, 0) is 4.74 Å². The molecule has 31 heavy (non-hydrogen) atoms. The van der Waals surface area contributed by atoms with Gasteiger partial charge in [-0.15, -0.1) is 0 Å². The highest BCUT2D eigenvalue weighted by Gasteiger charge is 2.13. The Kier molecular flexibility index (Phi) is 9.22. The first-order valence-corrected chi connectivity index (χ1v) is 10.7. The minimum absolute atomic E-state index is 0.327. The van der Waals surface area contributed by atoms with Crippen LogP contribution in [0.1, 0.15) is 39.0 Å². The highest BCUT2D eigenvalue weighted by atomic mass is 16.5. The highest BCUT2D eigenvalue weighted by Crippen LogP contribution is 2.21. The molecule has 4 nitrogen and oxygen atoms in total. The summed E-state index contributed by atoms with van der Waals surface area (Å²) in [4.78, 5) is 16.3. The topological polar surface area (TPSA) is 32.8 Å². The van der Waals surface area contributed by atoms with E-state index in [2.05, 4.69) is 69.1 Å². The van der Waals surface area contributed by atoms with Crippen molar-refractivity contribution in [3.63, 3.8) is 0 Å². The monoisotopic (exact) mass is 420 g/mol. The van der Waals surface area contributed by atoms with Crippen molar-refractivity contribution in [3.8, 4) is 0 Å². The van der Waals surface area contributed by atoms with E-state index < -0.39 is 0 Å². The number of nitrogens with zero attached hydrogens (tertiary/aromatic N) is 2. The highest BCUT2D eigenvalue weighted by molar-refractivity contribution is 5.89. The molecule has 2 aromatic rings. The summed E-state index contributed by atoms with van der Waals surface area (Å²) < 4.78 is 4.78. The van der Waals surface area contributed by atoms with Gasteiger partial charge in [0.15, 0.2) is 0 Å². The number of rotatable bonds is 11. The third-order valence-corrected chi connectivity index (χ3v) is 5.25. The fraction of sp³-hybridized carbons (Fsp3) is 0.370. The van der Waals surface area contributed by atoms with Crippen molar-refractivity contribution in [2.24, 2.45) is 0 Å². The summed E-state index contributed by atoms with van der Waals surface area (Å²) in [5.74, 6) is -0.327. The molecule has 2 rings (SSSR count). The SMILES string of the molecule is C=C(CN(CCCN(C)C)CC(=C)c1cc(C)cc(C)c1)c1ccc(C(=O)OC)cc1. The van der Waals surface area contributed by atoms with E-state index in [-0.39, 0.29) is 5.97 Å². The Morgan fingerprint density at radius 3 is 1.87 bits per heavy atom. The predicted molar refractivity (Wildman–Crippen MR) is 131 cm³/mol. The van der Waals surface area contributed by atoms with Gasteiger partial charge in [-0.05, 0) is 75.3 Å². The summed E-state index contributed by atoms with van der Waals surface area (Å²) in [5.41, 5.74) is 7.42. The van der Waals surface area contributed by atoms with Gasteiger partial charge in [0.05, 0.1) is 12.7 Å². The summed E-state index contributed by atoms with van der Waals surface area (Å²) in [6.45, 7) is 16.5. The van der Waals surface area contributed by atoms with Gasteiger partial charge in [-0.3, -0.25) is 4.90 Å². The maximum absolute atomic E-state index is 11.7. The lowest BCUT2D eigenvalue weighted by molar-refractivity contribution is 0.0600. The van der Waals surface area contributed by atoms with Crippen LogP contribution in [-0.4, -0.2) is 63.2 Å². The maximum atomic E-state index is 11.7. The van der Waals surface area contributed by atoms with E-state index in [0.29, 0.717) is 5.56 Å². The molecular weight excluding hydrogens is 384 g/mol. The summed E-state index contributed by atoms with van der Waals surface area (Å²) in [6.07, 6.45) is 1.07. The molecule has 0 atom stereocenters. The Hall–Kier alpha value is -2.69. The molecule has 0 aliphatic rings. The molecule has 0 aliphatic carbocycles. The quantitative estimate of drug-likeness (QED) is 0.475. The second kappa shape index (κ2) is 11.6. The first-order chi connectivity index (χ1) is 14.7. The van der Waals surface area contributed by atoms with E-state index in [4.69, 9.17) is 4.74 Å². The van der Waals surface area contributed by atoms with Crippen LogP contribution in [0.15, 0.2) is 55.6 Å². The molecule has 0 saturated carbocycles. The average Bonchev–Trinajstić information content (AvgIpc) is 2.72. The average molecular weight is 421 g/mol. The third kappa shape index (κ3) is 7.82. The summed E-state index contributed by atoms with van der Waals surface area (Å²) in [7, 11) is 5.59. The number of methoxy groups -OCH3 is 1. The van der Waals surface area contributed by atoms with Gasteiger partial charge in [0.25, 0.3) is 0 Å². The molecule has 0 heterocycles. The molecular formula is C27H36N2O2. The van der Waals surface area contributed by atoms with Crippen molar-refractivity contribution in [2.45, 2.75) is 20.3 Å². The Balaban J connectivity index is 2.11. The Bertz CT molecular complexity index is 893. The lowest BCUT2D eigenvalue weighted by Crippen LogP contribution is -2.30. The summed E-state index contributed by atoms with van der Waals surface area (Å²) >= 11 is 0. The first-order valence-electron chi connectivity index (χ1n) is 10.7. The van der Waals surface area contributed by atoms with E-state index in [9.17, 15) is 4.79 Å². The van der Waals surface area contributed by atoms with E-state index >= 15 is 0 Å². The lowest BCUT2D eigenvalue weighted by Gasteiger charge is -2.26. The van der Waals surface area contributed by atoms with Crippen LogP contribution in [0.4, 0.5) is 0 Å². The Labute approximate surface area is 187 Å². The molecule has 0 bridgehead atoms. The Morgan fingerprint density at radius 2 is 1.35 bits per heavy atom. The summed E-state index contributed by atoms with van der Waals surface area (Å²) in [6, 6.07) is 14.0. The number of benzene rings is 2. The number of hydrogen-bond donors (Lipinski definition) is 0. The van der Waals surface area contributed by atoms with Crippen molar-refractivity contribution in [1.82, 2.24) is 9.80 Å². The predicted octanol–water partition coefficient (Wildman–Crippen LogP) is 5.07. The van der Waals surface area contributed by atoms with Crippen LogP contribution in [0.5, 0.6) is 0 Å². The standard InChI is InChI=1S/C27H36N2O2/c1-20-15-21(2)17-26(16-20)23(4)19-29(14-8-13-28(5)6)18-22(3)24-9-11-25(12-10-24)27(30)31-7/h9-12,15-17H,3-4,8,13-14,18-19H2,1-2,5-7H3. The van der Waals surface area contributed by atoms with Crippen molar-refractivity contribution in [1.29, 1.82) is 0 Å². The van der Waals surface area contributed by atoms with Gasteiger partial charge in [-0.25, -0.2) is 4.79 Å². The molecule has 0 unspecified atom stereocenters. The molecule has 2 aromatic carbocycles. The van der Waals surface area contributed by atoms with Crippen molar-refractivity contribution in [2.75, 3.05) is 47.4 Å². The van der Waals surface area contributed by atoms with Crippen molar-refractivity contribution in [3.05, 3.63) is 83.4 Å². The molecule has 0 N–H and O–H groups in total. The fourth-order valence-electron chi connectivity index (χ4n) is 3.69. The minimum atomic E-state index is -0.327. The van der Waals surface area contributed by atoms with Crippen LogP contribution in [0, 0.1) is 13.8 Å². The number of carbonyl (C=O) groups is 1. The van der Waals surface area contributed by atoms with Gasteiger partial charge in [0, 0.05) is 19.6 Å². The zero-order valence-electron chi connectivity index (χ0n) is 19.7. The molecule has 0 amide bonds. The number of ether oxygens (including phenoxy) is 1. The van der Waals surface area contributed by atoms with E-state index in [1.807, 2.05) is 12.1 Å². The van der Waals surface area contributed by atoms with Crippen LogP contribution < -0.4 is 0 Å². The van der Waals surface area contributed by atoms with Gasteiger partial charge >= 0.3 is 5.97 Å². The normalized spacial score (nSPS) is 11.1. The van der Waals surface area contributed by atoms with Crippen LogP contribution in [0.25, 0.3) is 11.1 Å². The largest absolute Gasteiger partial charge is 0.465 e. The van der Waals surface area contributed by atoms with Gasteiger partial charge in [0.2, 0.25) is 0 Å². The summed E-state index contributed by atoms with van der Waals surface area (Å²) in [5, 5.41) is 0. The van der Waals surface area contributed by atoms with Gasteiger partial charge in [-0.1, -0.05) is 54.6 Å². The zero-order valence-corrected chi connectivity index (χ0v) is 19.7. The molecule has 0 aliphatic heterocycles.